The highest BCUT2D eigenvalue weighted by Gasteiger charge is 2.07. The van der Waals surface area contributed by atoms with Crippen molar-refractivity contribution in [3.05, 3.63) is 69.4 Å². The smallest absolute Gasteiger partial charge is 0.137 e. The summed E-state index contributed by atoms with van der Waals surface area (Å²) in [6, 6.07) is 13.9. The van der Waals surface area contributed by atoms with E-state index in [-0.39, 0.29) is 11.9 Å². The molecule has 0 fully saturated rings. The van der Waals surface area contributed by atoms with Gasteiger partial charge in [0.2, 0.25) is 0 Å². The van der Waals surface area contributed by atoms with Gasteiger partial charge in [0.15, 0.2) is 0 Å². The first kappa shape index (κ1) is 15.2. The number of rotatable bonds is 5. The highest BCUT2D eigenvalue weighted by Crippen LogP contribution is 2.21. The lowest BCUT2D eigenvalue weighted by atomic mass is 10.1. The number of hydrogen-bond donors (Lipinski definition) is 1. The minimum atomic E-state index is -0.222. The Morgan fingerprint density at radius 1 is 1.20 bits per heavy atom. The summed E-state index contributed by atoms with van der Waals surface area (Å²) in [5, 5.41) is 3.47. The van der Waals surface area contributed by atoms with E-state index in [0.717, 1.165) is 18.5 Å². The van der Waals surface area contributed by atoms with Gasteiger partial charge in [-0.15, -0.1) is 0 Å². The summed E-state index contributed by atoms with van der Waals surface area (Å²) in [5.41, 5.74) is 3.71. The standard InChI is InChI=1S/C17H19BrFN/c1-12-4-3-5-14(10-12)8-9-20-13(2)15-6-7-17(19)16(18)11-15/h3-7,10-11,13,20H,8-9H2,1-2H3. The first-order valence-corrected chi connectivity index (χ1v) is 7.59. The second-order valence-corrected chi connectivity index (χ2v) is 5.94. The zero-order chi connectivity index (χ0) is 14.5. The minimum absolute atomic E-state index is 0.205. The normalized spacial score (nSPS) is 12.4. The van der Waals surface area contributed by atoms with Crippen LogP contribution in [0.25, 0.3) is 0 Å². The van der Waals surface area contributed by atoms with Gasteiger partial charge < -0.3 is 5.32 Å². The molecule has 1 unspecified atom stereocenters. The molecule has 2 aromatic rings. The molecule has 0 heterocycles. The molecule has 0 amide bonds. The van der Waals surface area contributed by atoms with Crippen LogP contribution in [0.4, 0.5) is 4.39 Å². The van der Waals surface area contributed by atoms with Crippen LogP contribution in [-0.2, 0) is 6.42 Å². The van der Waals surface area contributed by atoms with Crippen LogP contribution in [0.2, 0.25) is 0 Å². The Labute approximate surface area is 128 Å². The number of hydrogen-bond acceptors (Lipinski definition) is 1. The lowest BCUT2D eigenvalue weighted by Gasteiger charge is -2.15. The second-order valence-electron chi connectivity index (χ2n) is 5.09. The van der Waals surface area contributed by atoms with Crippen LogP contribution in [0.15, 0.2) is 46.9 Å². The van der Waals surface area contributed by atoms with E-state index in [9.17, 15) is 4.39 Å². The van der Waals surface area contributed by atoms with E-state index in [1.165, 1.54) is 17.2 Å². The maximum atomic E-state index is 13.2. The third kappa shape index (κ3) is 4.15. The molecule has 0 aliphatic carbocycles. The predicted molar refractivity (Wildman–Crippen MR) is 85.4 cm³/mol. The van der Waals surface area contributed by atoms with Crippen LogP contribution in [0, 0.1) is 12.7 Å². The zero-order valence-corrected chi connectivity index (χ0v) is 13.4. The Balaban J connectivity index is 1.88. The molecule has 0 aliphatic rings. The number of halogens is 2. The zero-order valence-electron chi connectivity index (χ0n) is 11.8. The minimum Gasteiger partial charge on any atom is -0.310 e. The third-order valence-corrected chi connectivity index (χ3v) is 4.00. The van der Waals surface area contributed by atoms with Crippen molar-refractivity contribution in [1.29, 1.82) is 0 Å². The molecule has 0 aromatic heterocycles. The van der Waals surface area contributed by atoms with E-state index in [0.29, 0.717) is 4.47 Å². The molecule has 0 saturated carbocycles. The van der Waals surface area contributed by atoms with Crippen molar-refractivity contribution >= 4 is 15.9 Å². The van der Waals surface area contributed by atoms with Gasteiger partial charge in [0.25, 0.3) is 0 Å². The van der Waals surface area contributed by atoms with Crippen molar-refractivity contribution in [2.24, 2.45) is 0 Å². The van der Waals surface area contributed by atoms with Crippen LogP contribution in [0.3, 0.4) is 0 Å². The van der Waals surface area contributed by atoms with Gasteiger partial charge in [0.1, 0.15) is 5.82 Å². The Hall–Kier alpha value is -1.19. The van der Waals surface area contributed by atoms with Crippen molar-refractivity contribution in [2.45, 2.75) is 26.3 Å². The van der Waals surface area contributed by atoms with Gasteiger partial charge >= 0.3 is 0 Å². The van der Waals surface area contributed by atoms with E-state index >= 15 is 0 Å². The quantitative estimate of drug-likeness (QED) is 0.828. The number of aryl methyl sites for hydroxylation is 1. The van der Waals surface area contributed by atoms with E-state index < -0.39 is 0 Å². The van der Waals surface area contributed by atoms with E-state index in [4.69, 9.17) is 0 Å². The average Bonchev–Trinajstić information content (AvgIpc) is 2.42. The fourth-order valence-electron chi connectivity index (χ4n) is 2.20. The largest absolute Gasteiger partial charge is 0.310 e. The van der Waals surface area contributed by atoms with Crippen molar-refractivity contribution in [3.63, 3.8) is 0 Å². The van der Waals surface area contributed by atoms with E-state index in [2.05, 4.69) is 59.4 Å². The summed E-state index contributed by atoms with van der Waals surface area (Å²) in [4.78, 5) is 0. The molecule has 2 aromatic carbocycles. The Bertz CT molecular complexity index is 583. The van der Waals surface area contributed by atoms with Gasteiger partial charge in [-0.2, -0.15) is 0 Å². The van der Waals surface area contributed by atoms with Crippen molar-refractivity contribution in [1.82, 2.24) is 5.32 Å². The van der Waals surface area contributed by atoms with Gasteiger partial charge in [-0.25, -0.2) is 4.39 Å². The molecule has 2 rings (SSSR count). The lowest BCUT2D eigenvalue weighted by Crippen LogP contribution is -2.21. The monoisotopic (exact) mass is 335 g/mol. The molecule has 20 heavy (non-hydrogen) atoms. The lowest BCUT2D eigenvalue weighted by molar-refractivity contribution is 0.572. The Morgan fingerprint density at radius 3 is 2.70 bits per heavy atom. The molecule has 0 spiro atoms. The van der Waals surface area contributed by atoms with Gasteiger partial charge in [-0.05, 0) is 66.0 Å². The Kier molecular flexibility index (Phi) is 5.32. The van der Waals surface area contributed by atoms with Gasteiger partial charge in [-0.3, -0.25) is 0 Å². The average molecular weight is 336 g/mol. The van der Waals surface area contributed by atoms with Crippen LogP contribution in [0.5, 0.6) is 0 Å². The molecule has 1 N–H and O–H groups in total. The molecular weight excluding hydrogens is 317 g/mol. The van der Waals surface area contributed by atoms with Gasteiger partial charge in [0, 0.05) is 6.04 Å². The summed E-state index contributed by atoms with van der Waals surface area (Å²) >= 11 is 3.22. The molecule has 0 aliphatic heterocycles. The third-order valence-electron chi connectivity index (χ3n) is 3.39. The summed E-state index contributed by atoms with van der Waals surface area (Å²) in [6.07, 6.45) is 0.994. The SMILES string of the molecule is Cc1cccc(CCNC(C)c2ccc(F)c(Br)c2)c1. The molecule has 0 saturated heterocycles. The van der Waals surface area contributed by atoms with Crippen LogP contribution >= 0.6 is 15.9 Å². The highest BCUT2D eigenvalue weighted by molar-refractivity contribution is 9.10. The fourth-order valence-corrected chi connectivity index (χ4v) is 2.60. The topological polar surface area (TPSA) is 12.0 Å². The summed E-state index contributed by atoms with van der Waals surface area (Å²) in [5.74, 6) is -0.222. The molecule has 0 radical (unpaired) electrons. The van der Waals surface area contributed by atoms with E-state index in [1.807, 2.05) is 12.1 Å². The summed E-state index contributed by atoms with van der Waals surface area (Å²) < 4.78 is 13.7. The van der Waals surface area contributed by atoms with Gasteiger partial charge in [-0.1, -0.05) is 35.9 Å². The van der Waals surface area contributed by atoms with Crippen LogP contribution in [-0.4, -0.2) is 6.54 Å². The summed E-state index contributed by atoms with van der Waals surface area (Å²) in [6.45, 7) is 5.10. The Morgan fingerprint density at radius 2 is 2.00 bits per heavy atom. The molecule has 3 heteroatoms. The first-order chi connectivity index (χ1) is 9.56. The second kappa shape index (κ2) is 7.00. The first-order valence-electron chi connectivity index (χ1n) is 6.80. The molecule has 0 bridgehead atoms. The van der Waals surface area contributed by atoms with Gasteiger partial charge in [0.05, 0.1) is 4.47 Å². The fraction of sp³-hybridized carbons (Fsp3) is 0.294. The van der Waals surface area contributed by atoms with Crippen LogP contribution < -0.4 is 5.32 Å². The van der Waals surface area contributed by atoms with E-state index in [1.54, 1.807) is 0 Å². The van der Waals surface area contributed by atoms with Crippen molar-refractivity contribution < 1.29 is 4.39 Å². The maximum absolute atomic E-state index is 13.2. The molecule has 1 nitrogen and oxygen atoms in total. The van der Waals surface area contributed by atoms with Crippen molar-refractivity contribution in [2.75, 3.05) is 6.54 Å². The number of nitrogens with one attached hydrogen (secondary N) is 1. The van der Waals surface area contributed by atoms with Crippen LogP contribution in [0.1, 0.15) is 29.7 Å². The number of benzene rings is 2. The van der Waals surface area contributed by atoms with Crippen molar-refractivity contribution in [3.8, 4) is 0 Å². The summed E-state index contributed by atoms with van der Waals surface area (Å²) in [7, 11) is 0. The predicted octanol–water partition coefficient (Wildman–Crippen LogP) is 4.79. The molecule has 1 atom stereocenters. The molecule has 106 valence electrons. The highest BCUT2D eigenvalue weighted by atomic mass is 79.9. The maximum Gasteiger partial charge on any atom is 0.137 e. The molecular formula is C17H19BrFN.